The van der Waals surface area contributed by atoms with Gasteiger partial charge in [-0.25, -0.2) is 17.6 Å². The lowest BCUT2D eigenvalue weighted by atomic mass is 9.96. The summed E-state index contributed by atoms with van der Waals surface area (Å²) in [7, 11) is 1.93. The van der Waals surface area contributed by atoms with Crippen LogP contribution in [0.2, 0.25) is 0 Å². The second-order valence-electron chi connectivity index (χ2n) is 10.4. The second-order valence-corrected chi connectivity index (χ2v) is 10.4. The summed E-state index contributed by atoms with van der Waals surface area (Å²) in [5.41, 5.74) is -2.39. The van der Waals surface area contributed by atoms with Crippen LogP contribution in [0, 0.1) is 18.2 Å². The smallest absolute Gasteiger partial charge is 0.373 e. The van der Waals surface area contributed by atoms with Gasteiger partial charge in [0.1, 0.15) is 11.5 Å². The Kier molecular flexibility index (Phi) is 8.45. The molecular weight excluding hydrogens is 568 g/mol. The normalized spacial score (nSPS) is 17.5. The van der Waals surface area contributed by atoms with Crippen LogP contribution in [0.25, 0.3) is 10.4 Å². The number of hydrogen-bond donors (Lipinski definition) is 2. The predicted molar refractivity (Wildman–Crippen MR) is 154 cm³/mol. The van der Waals surface area contributed by atoms with E-state index in [1.807, 2.05) is 18.9 Å². The Hall–Kier alpha value is -4.77. The molecule has 1 amide bonds. The van der Waals surface area contributed by atoms with Gasteiger partial charge in [-0.2, -0.15) is 4.98 Å². The van der Waals surface area contributed by atoms with E-state index in [1.165, 1.54) is 6.20 Å². The molecule has 5 rings (SSSR count). The molecule has 2 aromatic heterocycles. The Morgan fingerprint density at radius 3 is 2.67 bits per heavy atom. The molecule has 1 aromatic carbocycles. The first-order valence-corrected chi connectivity index (χ1v) is 13.5. The van der Waals surface area contributed by atoms with Gasteiger partial charge < -0.3 is 29.8 Å². The molecule has 2 aliphatic rings. The molecule has 0 bridgehead atoms. The van der Waals surface area contributed by atoms with Crippen molar-refractivity contribution in [1.29, 1.82) is 0 Å². The lowest BCUT2D eigenvalue weighted by molar-refractivity contribution is 0.101. The number of likely N-dealkylation sites (N-methyl/N-ethyl adjacent to an activating group) is 1. The second kappa shape index (κ2) is 12.2. The third-order valence-corrected chi connectivity index (χ3v) is 7.75. The zero-order valence-corrected chi connectivity index (χ0v) is 23.4. The Labute approximate surface area is 244 Å². The Morgan fingerprint density at radius 1 is 1.21 bits per heavy atom. The summed E-state index contributed by atoms with van der Waals surface area (Å²) in [6, 6.07) is 3.45. The number of benzene rings is 1. The monoisotopic (exact) mass is 596 g/mol. The maximum absolute atomic E-state index is 16.4. The van der Waals surface area contributed by atoms with E-state index in [1.54, 1.807) is 17.0 Å². The van der Waals surface area contributed by atoms with Crippen molar-refractivity contribution in [2.24, 2.45) is 0 Å². The highest BCUT2D eigenvalue weighted by Gasteiger charge is 2.31. The Morgan fingerprint density at radius 2 is 2.00 bits per heavy atom. The Balaban J connectivity index is 1.54. The number of pyridine rings is 1. The third kappa shape index (κ3) is 6.07. The molecule has 2 N–H and O–H groups in total. The van der Waals surface area contributed by atoms with Crippen molar-refractivity contribution in [1.82, 2.24) is 19.9 Å². The quantitative estimate of drug-likeness (QED) is 0.317. The van der Waals surface area contributed by atoms with Crippen LogP contribution in [0.5, 0.6) is 0 Å². The number of carbonyl (C=O) groups excluding carboxylic acids is 1. The number of halogens is 4. The van der Waals surface area contributed by atoms with Gasteiger partial charge in [0.05, 0.1) is 23.0 Å². The van der Waals surface area contributed by atoms with E-state index in [0.29, 0.717) is 43.6 Å². The minimum absolute atomic E-state index is 0.0175. The SMILES string of the molecule is [C-]#[N+]c1nccc(N2CC=C(c3c(F)cc(N4CCN(C)[C@@H](C)C4)c(NC(=O)c4c[nH]c(=O)cc4C(F)F)c3F)CC2)n1. The van der Waals surface area contributed by atoms with E-state index in [4.69, 9.17) is 6.57 Å². The number of alkyl halides is 2. The van der Waals surface area contributed by atoms with Crippen molar-refractivity contribution in [3.05, 3.63) is 86.8 Å². The van der Waals surface area contributed by atoms with E-state index in [2.05, 4.69) is 30.0 Å². The van der Waals surface area contributed by atoms with Gasteiger partial charge in [0.2, 0.25) is 5.56 Å². The molecule has 0 aliphatic carbocycles. The van der Waals surface area contributed by atoms with Crippen LogP contribution in [0.15, 0.2) is 41.5 Å². The van der Waals surface area contributed by atoms with E-state index >= 15 is 8.78 Å². The highest BCUT2D eigenvalue weighted by molar-refractivity contribution is 6.07. The fraction of sp³-hybridized carbons (Fsp3) is 0.345. The van der Waals surface area contributed by atoms with Crippen molar-refractivity contribution in [2.75, 3.05) is 54.9 Å². The molecule has 0 radical (unpaired) electrons. The molecule has 1 saturated heterocycles. The molecule has 43 heavy (non-hydrogen) atoms. The van der Waals surface area contributed by atoms with Crippen LogP contribution in [0.1, 0.15) is 41.3 Å². The number of H-pyrrole nitrogens is 1. The maximum Gasteiger partial charge on any atom is 0.373 e. The average Bonchev–Trinajstić information content (AvgIpc) is 3.00. The Bertz CT molecular complexity index is 1690. The van der Waals surface area contributed by atoms with Crippen molar-refractivity contribution in [2.45, 2.75) is 25.8 Å². The van der Waals surface area contributed by atoms with Crippen molar-refractivity contribution in [3.63, 3.8) is 0 Å². The third-order valence-electron chi connectivity index (χ3n) is 7.75. The zero-order chi connectivity index (χ0) is 30.8. The van der Waals surface area contributed by atoms with Gasteiger partial charge in [0.15, 0.2) is 11.6 Å². The first-order valence-electron chi connectivity index (χ1n) is 13.5. The summed E-state index contributed by atoms with van der Waals surface area (Å²) in [6.07, 6.45) is 1.04. The van der Waals surface area contributed by atoms with Gasteiger partial charge in [-0.3, -0.25) is 9.59 Å². The van der Waals surface area contributed by atoms with Crippen molar-refractivity contribution < 1.29 is 22.4 Å². The van der Waals surface area contributed by atoms with E-state index in [-0.39, 0.29) is 41.9 Å². The van der Waals surface area contributed by atoms with E-state index in [9.17, 15) is 18.4 Å². The van der Waals surface area contributed by atoms with Crippen LogP contribution >= 0.6 is 0 Å². The molecule has 0 spiro atoms. The topological polar surface area (TPSA) is 102 Å². The maximum atomic E-state index is 16.4. The molecule has 224 valence electrons. The summed E-state index contributed by atoms with van der Waals surface area (Å²) in [5, 5.41) is 2.41. The van der Waals surface area contributed by atoms with Crippen LogP contribution < -0.4 is 20.7 Å². The first-order chi connectivity index (χ1) is 20.6. The van der Waals surface area contributed by atoms with Crippen molar-refractivity contribution in [3.8, 4) is 0 Å². The summed E-state index contributed by atoms with van der Waals surface area (Å²) < 4.78 is 59.6. The van der Waals surface area contributed by atoms with Gasteiger partial charge in [0.25, 0.3) is 12.3 Å². The number of nitrogens with zero attached hydrogens (tertiary/aromatic N) is 6. The van der Waals surface area contributed by atoms with Gasteiger partial charge in [-0.1, -0.05) is 6.08 Å². The largest absolute Gasteiger partial charge is 0.394 e. The summed E-state index contributed by atoms with van der Waals surface area (Å²) in [4.78, 5) is 44.0. The summed E-state index contributed by atoms with van der Waals surface area (Å²) in [5.74, 6) is -2.45. The fourth-order valence-corrected chi connectivity index (χ4v) is 5.26. The van der Waals surface area contributed by atoms with E-state index < -0.39 is 40.7 Å². The van der Waals surface area contributed by atoms with Crippen LogP contribution in [0.4, 0.5) is 40.7 Å². The average molecular weight is 597 g/mol. The van der Waals surface area contributed by atoms with Crippen LogP contribution in [0.3, 0.4) is 0 Å². The molecule has 1 fully saturated rings. The van der Waals surface area contributed by atoms with E-state index in [0.717, 1.165) is 12.3 Å². The molecule has 3 aromatic rings. The number of amides is 1. The molecule has 1 atom stereocenters. The number of aromatic nitrogens is 3. The molecular formula is C29H28F4N8O2. The first kappa shape index (κ1) is 29.7. The molecule has 10 nitrogen and oxygen atoms in total. The standard InChI is InChI=1S/C29H28F4N8O2/c1-16-15-41(11-10-39(16)3)21-13-20(30)24(17-5-8-40(9-6-17)22-4-7-35-29(34-2)37-22)25(31)26(21)38-28(43)19-14-36-23(42)12-18(19)27(32)33/h4-5,7,12-14,16,27H,6,8-11,15H2,1,3H3,(H,36,42)(H,38,43)/t16-/m0/s1. The number of nitrogens with one attached hydrogen (secondary N) is 2. The summed E-state index contributed by atoms with van der Waals surface area (Å²) in [6.45, 7) is 11.1. The lowest BCUT2D eigenvalue weighted by Crippen LogP contribution is -2.50. The molecule has 2 aliphatic heterocycles. The van der Waals surface area contributed by atoms with Gasteiger partial charge in [-0.15, -0.1) is 11.6 Å². The van der Waals surface area contributed by atoms with Crippen LogP contribution in [-0.2, 0) is 0 Å². The number of anilines is 3. The molecule has 4 heterocycles. The predicted octanol–water partition coefficient (Wildman–Crippen LogP) is 4.62. The molecule has 0 saturated carbocycles. The van der Waals surface area contributed by atoms with Gasteiger partial charge in [0, 0.05) is 68.7 Å². The number of carbonyl (C=O) groups is 1. The highest BCUT2D eigenvalue weighted by atomic mass is 19.3. The molecule has 0 unspecified atom stereocenters. The highest BCUT2D eigenvalue weighted by Crippen LogP contribution is 2.39. The number of rotatable bonds is 6. The molecule has 14 heteroatoms. The lowest BCUT2D eigenvalue weighted by Gasteiger charge is -2.40. The minimum atomic E-state index is -3.13. The number of piperazine rings is 1. The zero-order valence-electron chi connectivity index (χ0n) is 23.4. The van der Waals surface area contributed by atoms with Crippen molar-refractivity contribution >= 4 is 34.6 Å². The van der Waals surface area contributed by atoms with Crippen LogP contribution in [-0.4, -0.2) is 71.6 Å². The number of aromatic amines is 1. The number of hydrogen-bond acceptors (Lipinski definition) is 7. The van der Waals surface area contributed by atoms with Gasteiger partial charge in [-0.05, 0) is 26.0 Å². The summed E-state index contributed by atoms with van der Waals surface area (Å²) >= 11 is 0. The fourth-order valence-electron chi connectivity index (χ4n) is 5.26. The van der Waals surface area contributed by atoms with Gasteiger partial charge >= 0.3 is 5.95 Å². The minimum Gasteiger partial charge on any atom is -0.394 e.